The van der Waals surface area contributed by atoms with E-state index in [4.69, 9.17) is 5.73 Å². The van der Waals surface area contributed by atoms with E-state index in [2.05, 4.69) is 15.6 Å². The number of nitrogens with two attached hydrogens (primary N) is 1. The minimum atomic E-state index is -0.132. The lowest BCUT2D eigenvalue weighted by molar-refractivity contribution is -0.115. The fourth-order valence-electron chi connectivity index (χ4n) is 2.78. The Hall–Kier alpha value is -2.96. The Balaban J connectivity index is 2.16. The number of aromatic nitrogens is 1. The summed E-state index contributed by atoms with van der Waals surface area (Å²) in [6.45, 7) is 1.76. The number of H-pyrrole nitrogens is 1. The number of aliphatic hydroxyl groups excluding tert-OH is 1. The summed E-state index contributed by atoms with van der Waals surface area (Å²) in [6, 6.07) is 1.68. The molecule has 1 aromatic heterocycles. The number of benzene rings is 1. The molecule has 0 saturated carbocycles. The summed E-state index contributed by atoms with van der Waals surface area (Å²) in [4.78, 5) is 25.5. The van der Waals surface area contributed by atoms with Crippen LogP contribution in [-0.2, 0) is 16.0 Å². The first-order valence-corrected chi connectivity index (χ1v) is 7.39. The third-order valence-electron chi connectivity index (χ3n) is 3.93. The molecule has 6 N–H and O–H groups in total. The van der Waals surface area contributed by atoms with Gasteiger partial charge in [-0.2, -0.15) is 0 Å². The van der Waals surface area contributed by atoms with Gasteiger partial charge in [0.25, 0.3) is 0 Å². The molecular formula is C16H18N4O3. The van der Waals surface area contributed by atoms with Crippen LogP contribution in [0.4, 0.5) is 17.1 Å². The van der Waals surface area contributed by atoms with Crippen molar-refractivity contribution < 1.29 is 14.7 Å². The van der Waals surface area contributed by atoms with Crippen LogP contribution in [0.5, 0.6) is 0 Å². The highest BCUT2D eigenvalue weighted by Crippen LogP contribution is 2.42. The SMILES string of the molecule is CCC(=O)Nc1cc(N)c2[nH]cc3c2c1N/C(=C(\O)CC=O)C3. The highest BCUT2D eigenvalue weighted by atomic mass is 16.3. The molecule has 1 aliphatic heterocycles. The zero-order valence-electron chi connectivity index (χ0n) is 12.7. The molecule has 0 spiro atoms. The number of rotatable bonds is 4. The van der Waals surface area contributed by atoms with E-state index in [1.165, 1.54) is 0 Å². The first-order valence-electron chi connectivity index (χ1n) is 7.39. The van der Waals surface area contributed by atoms with Crippen molar-refractivity contribution in [1.29, 1.82) is 0 Å². The van der Waals surface area contributed by atoms with Crippen molar-refractivity contribution in [2.24, 2.45) is 0 Å². The molecule has 2 heterocycles. The van der Waals surface area contributed by atoms with E-state index in [9.17, 15) is 14.7 Å². The lowest BCUT2D eigenvalue weighted by Crippen LogP contribution is -2.16. The zero-order valence-corrected chi connectivity index (χ0v) is 12.7. The van der Waals surface area contributed by atoms with Crippen molar-refractivity contribution in [2.45, 2.75) is 26.2 Å². The van der Waals surface area contributed by atoms with Crippen LogP contribution in [0.3, 0.4) is 0 Å². The van der Waals surface area contributed by atoms with Crippen LogP contribution in [0.1, 0.15) is 25.3 Å². The highest BCUT2D eigenvalue weighted by molar-refractivity contribution is 6.11. The van der Waals surface area contributed by atoms with Crippen LogP contribution in [0.15, 0.2) is 23.7 Å². The van der Waals surface area contributed by atoms with E-state index >= 15 is 0 Å². The molecule has 7 nitrogen and oxygen atoms in total. The molecule has 2 aromatic rings. The number of aldehydes is 1. The Kier molecular flexibility index (Phi) is 3.69. The summed E-state index contributed by atoms with van der Waals surface area (Å²) >= 11 is 0. The molecule has 0 radical (unpaired) electrons. The molecule has 0 saturated heterocycles. The second-order valence-electron chi connectivity index (χ2n) is 5.45. The molecule has 0 aliphatic carbocycles. The number of hydrogen-bond acceptors (Lipinski definition) is 5. The maximum atomic E-state index is 11.8. The van der Waals surface area contributed by atoms with Gasteiger partial charge >= 0.3 is 0 Å². The average Bonchev–Trinajstić information content (AvgIpc) is 2.97. The minimum Gasteiger partial charge on any atom is -0.510 e. The van der Waals surface area contributed by atoms with Gasteiger partial charge in [0.2, 0.25) is 5.91 Å². The number of aliphatic hydroxyl groups is 1. The summed E-state index contributed by atoms with van der Waals surface area (Å²) in [5, 5.41) is 16.9. The van der Waals surface area contributed by atoms with Crippen LogP contribution in [-0.4, -0.2) is 22.3 Å². The Bertz CT molecular complexity index is 835. The fourth-order valence-corrected chi connectivity index (χ4v) is 2.78. The number of anilines is 3. The van der Waals surface area contributed by atoms with Gasteiger partial charge in [-0.05, 0) is 11.6 Å². The first-order chi connectivity index (χ1) is 11.0. The van der Waals surface area contributed by atoms with Crippen LogP contribution < -0.4 is 16.4 Å². The first kappa shape index (κ1) is 15.0. The van der Waals surface area contributed by atoms with Gasteiger partial charge in [-0.1, -0.05) is 6.92 Å². The highest BCUT2D eigenvalue weighted by Gasteiger charge is 2.24. The molecule has 23 heavy (non-hydrogen) atoms. The number of allylic oxidation sites excluding steroid dienone is 2. The number of aromatic amines is 1. The van der Waals surface area contributed by atoms with Crippen molar-refractivity contribution in [2.75, 3.05) is 16.4 Å². The molecule has 1 aromatic carbocycles. The fraction of sp³-hybridized carbons (Fsp3) is 0.250. The van der Waals surface area contributed by atoms with Gasteiger partial charge in [0, 0.05) is 24.4 Å². The smallest absolute Gasteiger partial charge is 0.224 e. The molecule has 0 atom stereocenters. The zero-order chi connectivity index (χ0) is 16.6. The van der Waals surface area contributed by atoms with Gasteiger partial charge in [-0.15, -0.1) is 0 Å². The van der Waals surface area contributed by atoms with E-state index < -0.39 is 0 Å². The van der Waals surface area contributed by atoms with Crippen molar-refractivity contribution in [3.8, 4) is 0 Å². The summed E-state index contributed by atoms with van der Waals surface area (Å²) in [6.07, 6.45) is 3.21. The van der Waals surface area contributed by atoms with Gasteiger partial charge in [0.05, 0.1) is 34.7 Å². The van der Waals surface area contributed by atoms with E-state index in [1.54, 1.807) is 13.0 Å². The Morgan fingerprint density at radius 2 is 2.30 bits per heavy atom. The minimum absolute atomic E-state index is 0.00964. The second kappa shape index (κ2) is 5.68. The number of carbonyl (C=O) groups excluding carboxylic acids is 2. The second-order valence-corrected chi connectivity index (χ2v) is 5.45. The monoisotopic (exact) mass is 314 g/mol. The topological polar surface area (TPSA) is 120 Å². The summed E-state index contributed by atoms with van der Waals surface area (Å²) in [5.41, 5.74) is 10.1. The number of nitrogens with one attached hydrogen (secondary N) is 3. The molecule has 1 aliphatic rings. The molecule has 3 rings (SSSR count). The largest absolute Gasteiger partial charge is 0.510 e. The molecule has 120 valence electrons. The molecular weight excluding hydrogens is 296 g/mol. The Labute approximate surface area is 132 Å². The van der Waals surface area contributed by atoms with E-state index in [1.807, 2.05) is 6.20 Å². The van der Waals surface area contributed by atoms with Crippen LogP contribution in [0.2, 0.25) is 0 Å². The predicted molar refractivity (Wildman–Crippen MR) is 89.3 cm³/mol. The van der Waals surface area contributed by atoms with Crippen LogP contribution >= 0.6 is 0 Å². The lowest BCUT2D eigenvalue weighted by atomic mass is 9.99. The van der Waals surface area contributed by atoms with Gasteiger partial charge in [-0.25, -0.2) is 0 Å². The summed E-state index contributed by atoms with van der Waals surface area (Å²) in [7, 11) is 0. The molecule has 1 amide bonds. The Morgan fingerprint density at radius 1 is 1.52 bits per heavy atom. The predicted octanol–water partition coefficient (Wildman–Crippen LogP) is 2.43. The van der Waals surface area contributed by atoms with Crippen molar-refractivity contribution in [3.63, 3.8) is 0 Å². The van der Waals surface area contributed by atoms with Gasteiger partial charge < -0.3 is 31.3 Å². The van der Waals surface area contributed by atoms with Gasteiger partial charge in [0.1, 0.15) is 12.0 Å². The summed E-state index contributed by atoms with van der Waals surface area (Å²) < 4.78 is 0. The van der Waals surface area contributed by atoms with E-state index in [0.29, 0.717) is 41.9 Å². The van der Waals surface area contributed by atoms with Crippen molar-refractivity contribution >= 4 is 40.2 Å². The van der Waals surface area contributed by atoms with Crippen LogP contribution in [0, 0.1) is 0 Å². The normalized spacial score (nSPS) is 15.2. The maximum absolute atomic E-state index is 11.8. The molecule has 0 unspecified atom stereocenters. The number of nitrogen functional groups attached to an aromatic ring is 1. The molecule has 0 fully saturated rings. The molecule has 0 bridgehead atoms. The maximum Gasteiger partial charge on any atom is 0.224 e. The number of carbonyl (C=O) groups is 2. The van der Waals surface area contributed by atoms with Gasteiger partial charge in [0.15, 0.2) is 0 Å². The van der Waals surface area contributed by atoms with Crippen LogP contribution in [0.25, 0.3) is 10.9 Å². The quantitative estimate of drug-likeness (QED) is 0.337. The average molecular weight is 314 g/mol. The van der Waals surface area contributed by atoms with E-state index in [0.717, 1.165) is 16.5 Å². The third-order valence-corrected chi connectivity index (χ3v) is 3.93. The number of hydrogen-bond donors (Lipinski definition) is 5. The standard InChI is InChI=1S/C16H18N4O3/c1-2-13(23)19-11-6-9(17)15-14-8(7-18-15)5-10(20-16(11)14)12(22)3-4-21/h4,6-7,18,20,22H,2-3,5,17H2,1H3,(H,19,23)/b12-10-. The van der Waals surface area contributed by atoms with Crippen molar-refractivity contribution in [1.82, 2.24) is 4.98 Å². The molecule has 7 heteroatoms. The lowest BCUT2D eigenvalue weighted by Gasteiger charge is -2.23. The Morgan fingerprint density at radius 3 is 3.00 bits per heavy atom. The van der Waals surface area contributed by atoms with E-state index in [-0.39, 0.29) is 18.1 Å². The number of amides is 1. The third kappa shape index (κ3) is 2.50. The summed E-state index contributed by atoms with van der Waals surface area (Å²) in [5.74, 6) is -0.142. The van der Waals surface area contributed by atoms with Gasteiger partial charge in [-0.3, -0.25) is 4.79 Å². The van der Waals surface area contributed by atoms with Crippen molar-refractivity contribution in [3.05, 3.63) is 29.3 Å².